The summed E-state index contributed by atoms with van der Waals surface area (Å²) < 4.78 is 30.2. The molecule has 3 fully saturated rings. The maximum atomic E-state index is 15.4. The molecular weight excluding hydrogens is 837 g/mol. The average Bonchev–Trinajstić information content (AvgIpc) is 3.26. The summed E-state index contributed by atoms with van der Waals surface area (Å²) in [5.41, 5.74) is 0.176. The predicted octanol–water partition coefficient (Wildman–Crippen LogP) is 4.07. The van der Waals surface area contributed by atoms with Gasteiger partial charge in [0, 0.05) is 42.6 Å². The van der Waals surface area contributed by atoms with E-state index in [4.69, 9.17) is 34.4 Å². The average molecular weight is 891 g/mol. The predicted molar refractivity (Wildman–Crippen MR) is 222 cm³/mol. The number of rotatable bonds is 10. The third-order valence-electron chi connectivity index (χ3n) is 13.3. The van der Waals surface area contributed by atoms with Gasteiger partial charge >= 0.3 is 23.9 Å². The molecule has 344 valence electrons. The molecule has 1 saturated heterocycles. The van der Waals surface area contributed by atoms with Gasteiger partial charge in [0.05, 0.1) is 35.6 Å². The molecule has 6 rings (SSSR count). The normalized spacial score (nSPS) is 31.1. The second-order valence-electron chi connectivity index (χ2n) is 17.1. The van der Waals surface area contributed by atoms with Crippen molar-refractivity contribution >= 4 is 35.6 Å². The molecule has 64 heavy (non-hydrogen) atoms. The number of fused-ring (bicyclic) bond motifs is 5. The highest BCUT2D eigenvalue weighted by Gasteiger charge is 2.78. The number of Topliss-reactive ketones (excluding diaryl/α,β-unsaturated/α-hetero) is 1. The number of ether oxygens (including phenoxy) is 5. The molecule has 5 N–H and O–H groups in total. The third kappa shape index (κ3) is 8.60. The summed E-state index contributed by atoms with van der Waals surface area (Å²) in [7, 11) is 0. The molecule has 0 spiro atoms. The number of amides is 1. The van der Waals surface area contributed by atoms with Crippen LogP contribution in [0, 0.1) is 16.7 Å². The van der Waals surface area contributed by atoms with Gasteiger partial charge in [0.25, 0.3) is 0 Å². The SMILES string of the molecule is C/C=C(\C)C(=O)N[C@@H](c1ccccc1)[C@@H](O)C(=O)O[C@H]1C[C@@]2(O)[C@@H](OC(=O)c3ccccc3)[C@@H]3[C@]4(OC(C)=O)CO[C@@H]4C[C@H](O)[C@@]3(C)C(=O)[C@H](OC(C)=O)C(=C1C)C2(C)C.[N-]=[N+]=NO. The quantitative estimate of drug-likeness (QED) is 0.0328. The van der Waals surface area contributed by atoms with Crippen molar-refractivity contribution in [2.24, 2.45) is 22.0 Å². The van der Waals surface area contributed by atoms with Crippen LogP contribution in [0.3, 0.4) is 0 Å². The van der Waals surface area contributed by atoms with Crippen molar-refractivity contribution in [1.82, 2.24) is 5.32 Å². The monoisotopic (exact) mass is 890 g/mol. The second kappa shape index (κ2) is 18.9. The van der Waals surface area contributed by atoms with Crippen molar-refractivity contribution in [3.63, 3.8) is 0 Å². The number of ketones is 1. The van der Waals surface area contributed by atoms with Crippen LogP contribution in [0.15, 0.2) is 88.7 Å². The van der Waals surface area contributed by atoms with E-state index < -0.39 is 113 Å². The van der Waals surface area contributed by atoms with E-state index in [-0.39, 0.29) is 29.7 Å². The summed E-state index contributed by atoms with van der Waals surface area (Å²) in [5.74, 6) is -6.78. The number of nitrogens with one attached hydrogen (secondary N) is 1. The van der Waals surface area contributed by atoms with Crippen LogP contribution in [0.25, 0.3) is 10.4 Å². The molecular formula is C45H54N4O15. The van der Waals surface area contributed by atoms with Crippen LogP contribution in [-0.2, 0) is 47.7 Å². The van der Waals surface area contributed by atoms with Gasteiger partial charge in [-0.1, -0.05) is 68.5 Å². The van der Waals surface area contributed by atoms with Gasteiger partial charge in [0.15, 0.2) is 23.6 Å². The first-order valence-corrected chi connectivity index (χ1v) is 20.5. The zero-order valence-corrected chi connectivity index (χ0v) is 36.7. The van der Waals surface area contributed by atoms with Gasteiger partial charge in [-0.3, -0.25) is 19.2 Å². The topological polar surface area (TPSA) is 290 Å². The highest BCUT2D eigenvalue weighted by atomic mass is 16.6. The Balaban J connectivity index is 0.00000185. The summed E-state index contributed by atoms with van der Waals surface area (Å²) in [6.45, 7) is 11.2. The van der Waals surface area contributed by atoms with Crippen molar-refractivity contribution < 1.29 is 73.0 Å². The minimum atomic E-state index is -2.38. The van der Waals surface area contributed by atoms with Crippen LogP contribution in [0.5, 0.6) is 0 Å². The largest absolute Gasteiger partial charge is 0.456 e. The summed E-state index contributed by atoms with van der Waals surface area (Å²) in [4.78, 5) is 84.8. The highest BCUT2D eigenvalue weighted by Crippen LogP contribution is 2.64. The number of carbonyl (C=O) groups excluding carboxylic acids is 6. The number of hydrogen-bond donors (Lipinski definition) is 5. The molecule has 19 nitrogen and oxygen atoms in total. The van der Waals surface area contributed by atoms with Gasteiger partial charge in [0.1, 0.15) is 29.2 Å². The Hall–Kier alpha value is -6.11. The lowest BCUT2D eigenvalue weighted by molar-refractivity contribution is -0.346. The van der Waals surface area contributed by atoms with Crippen molar-refractivity contribution in [3.05, 3.63) is 105 Å². The number of benzene rings is 2. The fraction of sp³-hybridized carbons (Fsp3) is 0.511. The number of aliphatic hydroxyl groups is 3. The summed E-state index contributed by atoms with van der Waals surface area (Å²) >= 11 is 0. The van der Waals surface area contributed by atoms with E-state index in [1.165, 1.54) is 26.0 Å². The van der Waals surface area contributed by atoms with Gasteiger partial charge < -0.3 is 49.5 Å². The minimum absolute atomic E-state index is 0.00140. The molecule has 19 heteroatoms. The number of azide groups is 1. The maximum absolute atomic E-state index is 15.4. The molecule has 0 unspecified atom stereocenters. The van der Waals surface area contributed by atoms with Gasteiger partial charge in [-0.25, -0.2) is 9.59 Å². The number of carbonyl (C=O) groups is 6. The second-order valence-corrected chi connectivity index (χ2v) is 17.1. The Bertz CT molecular complexity index is 2260. The van der Waals surface area contributed by atoms with Crippen LogP contribution in [-0.4, -0.2) is 111 Å². The first-order valence-electron chi connectivity index (χ1n) is 20.5. The molecule has 2 bridgehead atoms. The van der Waals surface area contributed by atoms with Crippen molar-refractivity contribution in [1.29, 1.82) is 0 Å². The van der Waals surface area contributed by atoms with E-state index in [1.54, 1.807) is 82.3 Å². The first kappa shape index (κ1) is 48.9. The summed E-state index contributed by atoms with van der Waals surface area (Å²) in [6.07, 6.45) is -8.88. The standard InChI is InChI=1S/C45H53NO14.HN3O/c1-9-23(2)39(52)46-33(27-16-12-10-13-17-27)34(50)41(54)58-29-21-45(55)38(59-40(53)28-18-14-11-15-19-28)36-43(8,30(49)20-31-44(36,22-56-31)60-26(5)48)37(51)35(57-25(4)47)32(24(29)3)42(45,6)7;1-2-3-4/h9-19,29-31,33-36,38,49-50,55H,20-22H2,1-8H3,(H,46,52);4H/b23-9+;/t29-,30-,31+,33-,34+,35+,36-,38-,43+,44-,45+;/m0./s1. The Morgan fingerprint density at radius 3 is 2.08 bits per heavy atom. The van der Waals surface area contributed by atoms with Gasteiger partial charge in [-0.2, -0.15) is 0 Å². The molecule has 2 saturated carbocycles. The number of aliphatic hydroxyl groups excluding tert-OH is 2. The lowest BCUT2D eigenvalue weighted by Gasteiger charge is -2.67. The van der Waals surface area contributed by atoms with Crippen molar-refractivity contribution in [2.75, 3.05) is 6.61 Å². The van der Waals surface area contributed by atoms with Crippen LogP contribution < -0.4 is 5.32 Å². The van der Waals surface area contributed by atoms with Crippen LogP contribution in [0.1, 0.15) is 90.2 Å². The zero-order valence-electron chi connectivity index (χ0n) is 36.7. The van der Waals surface area contributed by atoms with E-state index in [0.29, 0.717) is 11.1 Å². The molecule has 3 aliphatic carbocycles. The van der Waals surface area contributed by atoms with E-state index >= 15 is 4.79 Å². The molecule has 1 heterocycles. The van der Waals surface area contributed by atoms with Crippen LogP contribution in [0.2, 0.25) is 0 Å². The van der Waals surface area contributed by atoms with Gasteiger partial charge in [-0.05, 0) is 62.1 Å². The number of esters is 4. The Kier molecular flexibility index (Phi) is 14.5. The molecule has 0 aromatic heterocycles. The number of hydrogen-bond acceptors (Lipinski definition) is 15. The lowest BCUT2D eigenvalue weighted by Crippen LogP contribution is -2.82. The van der Waals surface area contributed by atoms with Crippen molar-refractivity contribution in [2.45, 2.75) is 122 Å². The third-order valence-corrected chi connectivity index (χ3v) is 13.3. The van der Waals surface area contributed by atoms with Crippen molar-refractivity contribution in [3.8, 4) is 0 Å². The molecule has 2 aromatic rings. The summed E-state index contributed by atoms with van der Waals surface area (Å²) in [6, 6.07) is 14.8. The summed E-state index contributed by atoms with van der Waals surface area (Å²) in [5, 5.41) is 49.0. The Morgan fingerprint density at radius 1 is 0.969 bits per heavy atom. The lowest BCUT2D eigenvalue weighted by atomic mass is 9.44. The van der Waals surface area contributed by atoms with E-state index in [0.717, 1.165) is 13.8 Å². The molecule has 1 amide bonds. The van der Waals surface area contributed by atoms with Crippen LogP contribution in [0.4, 0.5) is 0 Å². The first-order chi connectivity index (χ1) is 30.1. The van der Waals surface area contributed by atoms with E-state index in [9.17, 15) is 39.3 Å². The molecule has 4 aliphatic rings. The molecule has 0 radical (unpaired) electrons. The van der Waals surface area contributed by atoms with E-state index in [1.807, 2.05) is 10.2 Å². The van der Waals surface area contributed by atoms with Crippen LogP contribution >= 0.6 is 0 Å². The molecule has 11 atom stereocenters. The Morgan fingerprint density at radius 2 is 1.56 bits per heavy atom. The minimum Gasteiger partial charge on any atom is -0.456 e. The van der Waals surface area contributed by atoms with Gasteiger partial charge in [-0.15, -0.1) is 0 Å². The Labute approximate surface area is 368 Å². The fourth-order valence-corrected chi connectivity index (χ4v) is 9.75. The number of nitrogens with zero attached hydrogens (tertiary/aromatic N) is 3. The zero-order chi connectivity index (χ0) is 47.5. The number of allylic oxidation sites excluding steroid dienone is 1. The molecule has 2 aromatic carbocycles. The highest BCUT2D eigenvalue weighted by molar-refractivity contribution is 5.96. The maximum Gasteiger partial charge on any atom is 0.338 e. The molecule has 1 aliphatic heterocycles. The van der Waals surface area contributed by atoms with E-state index in [2.05, 4.69) is 5.32 Å². The smallest absolute Gasteiger partial charge is 0.338 e. The fourth-order valence-electron chi connectivity index (χ4n) is 9.75. The van der Waals surface area contributed by atoms with Gasteiger partial charge in [0.2, 0.25) is 5.91 Å².